The fourth-order valence-corrected chi connectivity index (χ4v) is 2.75. The van der Waals surface area contributed by atoms with Crippen molar-refractivity contribution in [1.82, 2.24) is 5.32 Å². The highest BCUT2D eigenvalue weighted by molar-refractivity contribution is 7.99. The molecule has 12 heavy (non-hydrogen) atoms. The van der Waals surface area contributed by atoms with Gasteiger partial charge in [0.2, 0.25) is 0 Å². The summed E-state index contributed by atoms with van der Waals surface area (Å²) in [6, 6.07) is 2.84. The Kier molecular flexibility index (Phi) is 3.90. The van der Waals surface area contributed by atoms with E-state index in [4.69, 9.17) is 5.26 Å². The molecular formula is C9H16N2S. The van der Waals surface area contributed by atoms with Crippen LogP contribution < -0.4 is 5.32 Å². The van der Waals surface area contributed by atoms with E-state index in [2.05, 4.69) is 25.2 Å². The van der Waals surface area contributed by atoms with Gasteiger partial charge in [-0.05, 0) is 37.7 Å². The fourth-order valence-electron chi connectivity index (χ4n) is 1.45. The van der Waals surface area contributed by atoms with Crippen LogP contribution in [0.25, 0.3) is 0 Å². The van der Waals surface area contributed by atoms with Crippen molar-refractivity contribution in [3.8, 4) is 6.07 Å². The highest BCUT2D eigenvalue weighted by Crippen LogP contribution is 2.26. The summed E-state index contributed by atoms with van der Waals surface area (Å²) in [5, 5.41) is 12.2. The molecule has 68 valence electrons. The number of nitrogens with zero attached hydrogens (tertiary/aromatic N) is 1. The summed E-state index contributed by atoms with van der Waals surface area (Å²) < 4.78 is 0. The third-order valence-corrected chi connectivity index (χ3v) is 3.28. The summed E-state index contributed by atoms with van der Waals surface area (Å²) in [5.41, 5.74) is 0. The molecule has 0 aromatic rings. The molecule has 0 bridgehead atoms. The van der Waals surface area contributed by atoms with E-state index < -0.39 is 0 Å². The fraction of sp³-hybridized carbons (Fsp3) is 0.889. The first kappa shape index (κ1) is 9.88. The molecule has 0 radical (unpaired) electrons. The molecule has 1 rings (SSSR count). The molecule has 1 N–H and O–H groups in total. The van der Waals surface area contributed by atoms with Gasteiger partial charge in [-0.2, -0.15) is 17.0 Å². The van der Waals surface area contributed by atoms with Crippen LogP contribution in [-0.2, 0) is 0 Å². The van der Waals surface area contributed by atoms with Crippen LogP contribution in [0.5, 0.6) is 0 Å². The molecule has 1 fully saturated rings. The zero-order chi connectivity index (χ0) is 8.97. The molecule has 2 atom stereocenters. The minimum atomic E-state index is 0.0694. The monoisotopic (exact) mass is 184 g/mol. The first-order chi connectivity index (χ1) is 5.74. The molecule has 0 amide bonds. The van der Waals surface area contributed by atoms with Gasteiger partial charge in [-0.1, -0.05) is 0 Å². The standard InChI is InChI=1S/C9H16N2S/c1-7(2)11-9(5-10)8-3-4-12-6-8/h7-9,11H,3-4,6H2,1-2H3. The largest absolute Gasteiger partial charge is 0.299 e. The lowest BCUT2D eigenvalue weighted by Gasteiger charge is -2.19. The van der Waals surface area contributed by atoms with E-state index in [0.29, 0.717) is 12.0 Å². The van der Waals surface area contributed by atoms with E-state index in [1.54, 1.807) is 0 Å². The van der Waals surface area contributed by atoms with Crippen LogP contribution in [0.3, 0.4) is 0 Å². The normalized spacial score (nSPS) is 25.7. The molecular weight excluding hydrogens is 168 g/mol. The maximum absolute atomic E-state index is 8.91. The van der Waals surface area contributed by atoms with Gasteiger partial charge in [-0.3, -0.25) is 5.32 Å². The summed E-state index contributed by atoms with van der Waals surface area (Å²) >= 11 is 1.96. The molecule has 0 aromatic heterocycles. The van der Waals surface area contributed by atoms with Crippen LogP contribution in [0.15, 0.2) is 0 Å². The van der Waals surface area contributed by atoms with Gasteiger partial charge in [0.05, 0.1) is 12.1 Å². The summed E-state index contributed by atoms with van der Waals surface area (Å²) in [4.78, 5) is 0. The van der Waals surface area contributed by atoms with Gasteiger partial charge in [0, 0.05) is 6.04 Å². The quantitative estimate of drug-likeness (QED) is 0.724. The van der Waals surface area contributed by atoms with Crippen molar-refractivity contribution in [3.05, 3.63) is 0 Å². The number of hydrogen-bond acceptors (Lipinski definition) is 3. The van der Waals surface area contributed by atoms with E-state index in [9.17, 15) is 0 Å². The minimum absolute atomic E-state index is 0.0694. The van der Waals surface area contributed by atoms with Gasteiger partial charge < -0.3 is 0 Å². The number of rotatable bonds is 3. The Morgan fingerprint density at radius 3 is 2.75 bits per heavy atom. The molecule has 2 unspecified atom stereocenters. The Bertz CT molecular complexity index is 168. The van der Waals surface area contributed by atoms with Gasteiger partial charge in [0.25, 0.3) is 0 Å². The van der Waals surface area contributed by atoms with Gasteiger partial charge >= 0.3 is 0 Å². The Morgan fingerprint density at radius 2 is 2.33 bits per heavy atom. The average Bonchev–Trinajstić information content (AvgIpc) is 2.51. The molecule has 1 aliphatic heterocycles. The summed E-state index contributed by atoms with van der Waals surface area (Å²) in [6.45, 7) is 4.18. The highest BCUT2D eigenvalue weighted by Gasteiger charge is 2.25. The number of nitrogens with one attached hydrogen (secondary N) is 1. The average molecular weight is 184 g/mol. The van der Waals surface area contributed by atoms with E-state index in [1.165, 1.54) is 12.2 Å². The number of thioether (sulfide) groups is 1. The SMILES string of the molecule is CC(C)NC(C#N)C1CCSC1. The van der Waals surface area contributed by atoms with Crippen LogP contribution >= 0.6 is 11.8 Å². The van der Waals surface area contributed by atoms with Crippen molar-refractivity contribution in [2.45, 2.75) is 32.4 Å². The molecule has 0 spiro atoms. The lowest BCUT2D eigenvalue weighted by atomic mass is 10.00. The first-order valence-electron chi connectivity index (χ1n) is 4.47. The van der Waals surface area contributed by atoms with Crippen molar-refractivity contribution in [1.29, 1.82) is 5.26 Å². The van der Waals surface area contributed by atoms with E-state index in [-0.39, 0.29) is 6.04 Å². The molecule has 1 saturated heterocycles. The van der Waals surface area contributed by atoms with Gasteiger partial charge in [0.15, 0.2) is 0 Å². The molecule has 0 saturated carbocycles. The third kappa shape index (κ3) is 2.69. The van der Waals surface area contributed by atoms with Gasteiger partial charge in [0.1, 0.15) is 0 Å². The van der Waals surface area contributed by atoms with Crippen molar-refractivity contribution < 1.29 is 0 Å². The van der Waals surface area contributed by atoms with Crippen molar-refractivity contribution >= 4 is 11.8 Å². The zero-order valence-electron chi connectivity index (χ0n) is 7.71. The van der Waals surface area contributed by atoms with Gasteiger partial charge in [-0.25, -0.2) is 0 Å². The molecule has 0 aliphatic carbocycles. The van der Waals surface area contributed by atoms with Crippen molar-refractivity contribution in [3.63, 3.8) is 0 Å². The highest BCUT2D eigenvalue weighted by atomic mass is 32.2. The first-order valence-corrected chi connectivity index (χ1v) is 5.63. The molecule has 1 heterocycles. The Hall–Kier alpha value is -0.200. The lowest BCUT2D eigenvalue weighted by Crippen LogP contribution is -2.39. The minimum Gasteiger partial charge on any atom is -0.299 e. The van der Waals surface area contributed by atoms with Crippen molar-refractivity contribution in [2.75, 3.05) is 11.5 Å². The Morgan fingerprint density at radius 1 is 1.58 bits per heavy atom. The molecule has 0 aromatic carbocycles. The van der Waals surface area contributed by atoms with Crippen molar-refractivity contribution in [2.24, 2.45) is 5.92 Å². The lowest BCUT2D eigenvalue weighted by molar-refractivity contribution is 0.418. The second-order valence-electron chi connectivity index (χ2n) is 3.55. The predicted molar refractivity (Wildman–Crippen MR) is 53.1 cm³/mol. The maximum atomic E-state index is 8.91. The Balaban J connectivity index is 2.39. The molecule has 3 heteroatoms. The number of nitriles is 1. The van der Waals surface area contributed by atoms with Gasteiger partial charge in [-0.15, -0.1) is 0 Å². The molecule has 2 nitrogen and oxygen atoms in total. The van der Waals surface area contributed by atoms with E-state index in [0.717, 1.165) is 5.75 Å². The summed E-state index contributed by atoms with van der Waals surface area (Å²) in [5.74, 6) is 2.95. The van der Waals surface area contributed by atoms with Crippen LogP contribution in [0.2, 0.25) is 0 Å². The smallest absolute Gasteiger partial charge is 0.0991 e. The maximum Gasteiger partial charge on any atom is 0.0991 e. The van der Waals surface area contributed by atoms with E-state index in [1.807, 2.05) is 11.8 Å². The second kappa shape index (κ2) is 4.74. The van der Waals surface area contributed by atoms with Crippen LogP contribution in [0.1, 0.15) is 20.3 Å². The second-order valence-corrected chi connectivity index (χ2v) is 4.70. The van der Waals surface area contributed by atoms with Crippen LogP contribution in [0, 0.1) is 17.2 Å². The van der Waals surface area contributed by atoms with E-state index >= 15 is 0 Å². The Labute approximate surface area is 78.7 Å². The zero-order valence-corrected chi connectivity index (χ0v) is 8.53. The predicted octanol–water partition coefficient (Wildman–Crippen LogP) is 1.63. The molecule has 1 aliphatic rings. The summed E-state index contributed by atoms with van der Waals surface area (Å²) in [6.07, 6.45) is 1.20. The van der Waals surface area contributed by atoms with Crippen LogP contribution in [-0.4, -0.2) is 23.6 Å². The number of hydrogen-bond donors (Lipinski definition) is 1. The third-order valence-electron chi connectivity index (χ3n) is 2.09. The topological polar surface area (TPSA) is 35.8 Å². The van der Waals surface area contributed by atoms with Crippen LogP contribution in [0.4, 0.5) is 0 Å². The summed E-state index contributed by atoms with van der Waals surface area (Å²) in [7, 11) is 0.